The van der Waals surface area contributed by atoms with Gasteiger partial charge >= 0.3 is 0 Å². The molecular weight excluding hydrogens is 344 g/mol. The molecule has 0 aliphatic rings. The van der Waals surface area contributed by atoms with Gasteiger partial charge in [-0.3, -0.25) is 4.99 Å². The number of aliphatic imine (C=N–C) groups is 1. The van der Waals surface area contributed by atoms with Crippen LogP contribution in [0.1, 0.15) is 52.0 Å². The number of hydrogen-bond donors (Lipinski definition) is 1. The number of hydrogen-bond acceptors (Lipinski definition) is 4. The van der Waals surface area contributed by atoms with Crippen LogP contribution >= 0.6 is 0 Å². The Hall–Kier alpha value is -2.23. The lowest BCUT2D eigenvalue weighted by Gasteiger charge is -2.36. The highest BCUT2D eigenvalue weighted by molar-refractivity contribution is 5.75. The highest BCUT2D eigenvalue weighted by Crippen LogP contribution is 2.33. The second-order valence-electron chi connectivity index (χ2n) is 7.66. The van der Waals surface area contributed by atoms with Gasteiger partial charge in [0.15, 0.2) is 0 Å². The van der Waals surface area contributed by atoms with Gasteiger partial charge in [0.1, 0.15) is 0 Å². The third-order valence-electron chi connectivity index (χ3n) is 5.78. The topological polar surface area (TPSA) is 30.9 Å². The summed E-state index contributed by atoms with van der Waals surface area (Å²) in [6.07, 6.45) is 4.42. The molecule has 4 nitrogen and oxygen atoms in total. The van der Waals surface area contributed by atoms with Crippen molar-refractivity contribution >= 4 is 23.8 Å². The molecule has 156 valence electrons. The zero-order valence-electron chi connectivity index (χ0n) is 18.9. The van der Waals surface area contributed by atoms with E-state index in [0.29, 0.717) is 12.0 Å². The van der Waals surface area contributed by atoms with E-state index in [1.54, 1.807) is 0 Å². The molecule has 0 radical (unpaired) electrons. The summed E-state index contributed by atoms with van der Waals surface area (Å²) in [6.45, 7) is 19.9. The lowest BCUT2D eigenvalue weighted by molar-refractivity contribution is 0.233. The predicted molar refractivity (Wildman–Crippen MR) is 127 cm³/mol. The maximum absolute atomic E-state index is 4.44. The Bertz CT molecular complexity index is 665. The zero-order valence-corrected chi connectivity index (χ0v) is 18.9. The average Bonchev–Trinajstić information content (AvgIpc) is 2.71. The lowest BCUT2D eigenvalue weighted by atomic mass is 9.90. The number of nitrogens with zero attached hydrogens (tertiary/aromatic N) is 3. The quantitative estimate of drug-likeness (QED) is 0.443. The van der Waals surface area contributed by atoms with Gasteiger partial charge in [-0.05, 0) is 56.5 Å². The van der Waals surface area contributed by atoms with Crippen molar-refractivity contribution in [3.05, 3.63) is 42.6 Å². The molecule has 0 bridgehead atoms. The van der Waals surface area contributed by atoms with E-state index in [4.69, 9.17) is 0 Å². The van der Waals surface area contributed by atoms with E-state index < -0.39 is 0 Å². The van der Waals surface area contributed by atoms with Crippen LogP contribution in [0, 0.1) is 5.92 Å². The molecule has 0 saturated carbocycles. The Balaban J connectivity index is 3.13. The van der Waals surface area contributed by atoms with Gasteiger partial charge < -0.3 is 15.1 Å². The second kappa shape index (κ2) is 11.6. The van der Waals surface area contributed by atoms with Gasteiger partial charge in [0.05, 0.1) is 11.4 Å². The van der Waals surface area contributed by atoms with Gasteiger partial charge in [-0.1, -0.05) is 39.5 Å². The maximum atomic E-state index is 4.44. The average molecular weight is 385 g/mol. The summed E-state index contributed by atoms with van der Waals surface area (Å²) in [5, 5.41) is 3.17. The summed E-state index contributed by atoms with van der Waals surface area (Å²) in [6, 6.07) is 6.74. The molecule has 2 atom stereocenters. The first kappa shape index (κ1) is 23.8. The third kappa shape index (κ3) is 6.15. The smallest absolute Gasteiger partial charge is 0.0856 e. The fraction of sp³-hybridized carbons (Fsp3) is 0.542. The first-order chi connectivity index (χ1) is 13.3. The standard InChI is InChI=1S/C24H40N4/c1-10-12-18(3)23(16-13-19(4)25-6)28(9)20(5)21-14-15-22(26-7)24(17-21)27(8)11-2/h14-15,17-18,23,25H,4-5,7,10-13,16H2,1-3,6,8-9H3. The lowest BCUT2D eigenvalue weighted by Crippen LogP contribution is -2.36. The van der Waals surface area contributed by atoms with Crippen molar-refractivity contribution in [1.29, 1.82) is 0 Å². The highest BCUT2D eigenvalue weighted by atomic mass is 15.1. The van der Waals surface area contributed by atoms with Crippen LogP contribution in [-0.4, -0.2) is 45.3 Å². The predicted octanol–water partition coefficient (Wildman–Crippen LogP) is 5.70. The number of allylic oxidation sites excluding steroid dienone is 1. The largest absolute Gasteiger partial charge is 0.392 e. The summed E-state index contributed by atoms with van der Waals surface area (Å²) in [7, 11) is 6.19. The molecule has 0 fully saturated rings. The van der Waals surface area contributed by atoms with Crippen LogP contribution in [0.3, 0.4) is 0 Å². The summed E-state index contributed by atoms with van der Waals surface area (Å²) in [4.78, 5) is 8.73. The zero-order chi connectivity index (χ0) is 21.3. The van der Waals surface area contributed by atoms with Crippen LogP contribution in [0.25, 0.3) is 5.70 Å². The Morgan fingerprint density at radius 1 is 1.18 bits per heavy atom. The number of rotatable bonds is 13. The van der Waals surface area contributed by atoms with Crippen LogP contribution in [-0.2, 0) is 0 Å². The molecule has 0 amide bonds. The molecule has 0 aliphatic heterocycles. The molecule has 0 saturated heterocycles. The molecule has 0 heterocycles. The van der Waals surface area contributed by atoms with Crippen molar-refractivity contribution in [3.8, 4) is 0 Å². The van der Waals surface area contributed by atoms with E-state index in [9.17, 15) is 0 Å². The SMILES string of the molecule is C=Nc1ccc(C(=C)N(C)C(CCC(=C)NC)C(C)CCC)cc1N(C)CC. The number of benzene rings is 1. The van der Waals surface area contributed by atoms with Gasteiger partial charge in [-0.25, -0.2) is 0 Å². The maximum Gasteiger partial charge on any atom is 0.0856 e. The fourth-order valence-corrected chi connectivity index (χ4v) is 3.67. The molecule has 1 aromatic rings. The van der Waals surface area contributed by atoms with E-state index in [-0.39, 0.29) is 0 Å². The van der Waals surface area contributed by atoms with Crippen LogP contribution in [0.2, 0.25) is 0 Å². The Morgan fingerprint density at radius 2 is 1.86 bits per heavy atom. The molecule has 1 N–H and O–H groups in total. The van der Waals surface area contributed by atoms with Gasteiger partial charge in [0, 0.05) is 45.1 Å². The molecule has 28 heavy (non-hydrogen) atoms. The fourth-order valence-electron chi connectivity index (χ4n) is 3.67. The van der Waals surface area contributed by atoms with Crippen molar-refractivity contribution in [2.45, 2.75) is 52.5 Å². The van der Waals surface area contributed by atoms with E-state index in [2.05, 4.69) is 87.0 Å². The molecule has 1 rings (SSSR count). The first-order valence-electron chi connectivity index (χ1n) is 10.4. The van der Waals surface area contributed by atoms with Gasteiger partial charge in [-0.2, -0.15) is 0 Å². The van der Waals surface area contributed by atoms with Crippen molar-refractivity contribution in [2.24, 2.45) is 10.9 Å². The monoisotopic (exact) mass is 384 g/mol. The summed E-state index contributed by atoms with van der Waals surface area (Å²) >= 11 is 0. The van der Waals surface area contributed by atoms with Crippen LogP contribution in [0.4, 0.5) is 11.4 Å². The molecule has 0 aliphatic carbocycles. The normalized spacial score (nSPS) is 12.8. The van der Waals surface area contributed by atoms with Crippen molar-refractivity contribution in [1.82, 2.24) is 10.2 Å². The van der Waals surface area contributed by atoms with E-state index >= 15 is 0 Å². The van der Waals surface area contributed by atoms with Crippen LogP contribution in [0.5, 0.6) is 0 Å². The van der Waals surface area contributed by atoms with E-state index in [1.807, 2.05) is 13.1 Å². The Labute approximate surface area is 173 Å². The summed E-state index contributed by atoms with van der Waals surface area (Å²) < 4.78 is 0. The van der Waals surface area contributed by atoms with E-state index in [1.165, 1.54) is 12.8 Å². The van der Waals surface area contributed by atoms with Gasteiger partial charge in [0.25, 0.3) is 0 Å². The third-order valence-corrected chi connectivity index (χ3v) is 5.78. The Morgan fingerprint density at radius 3 is 2.39 bits per heavy atom. The van der Waals surface area contributed by atoms with Crippen LogP contribution in [0.15, 0.2) is 42.0 Å². The minimum absolute atomic E-state index is 0.419. The van der Waals surface area contributed by atoms with Crippen molar-refractivity contribution in [3.63, 3.8) is 0 Å². The minimum Gasteiger partial charge on any atom is -0.392 e. The Kier molecular flexibility index (Phi) is 9.84. The molecule has 2 unspecified atom stereocenters. The first-order valence-corrected chi connectivity index (χ1v) is 10.4. The van der Waals surface area contributed by atoms with Gasteiger partial charge in [-0.15, -0.1) is 0 Å². The molecule has 0 aromatic heterocycles. The highest BCUT2D eigenvalue weighted by Gasteiger charge is 2.23. The number of anilines is 1. The molecule has 1 aromatic carbocycles. The van der Waals surface area contributed by atoms with Crippen LogP contribution < -0.4 is 10.2 Å². The second-order valence-corrected chi connectivity index (χ2v) is 7.66. The molecule has 0 spiro atoms. The van der Waals surface area contributed by atoms with Gasteiger partial charge in [0.2, 0.25) is 0 Å². The summed E-state index contributed by atoms with van der Waals surface area (Å²) in [5.74, 6) is 0.586. The van der Waals surface area contributed by atoms with Crippen molar-refractivity contribution in [2.75, 3.05) is 32.6 Å². The number of nitrogens with one attached hydrogen (secondary N) is 1. The summed E-state index contributed by atoms with van der Waals surface area (Å²) in [5.41, 5.74) is 5.26. The molecular formula is C24H40N4. The van der Waals surface area contributed by atoms with Crippen molar-refractivity contribution < 1.29 is 0 Å². The minimum atomic E-state index is 0.419. The van der Waals surface area contributed by atoms with E-state index in [0.717, 1.165) is 47.7 Å². The molecule has 4 heteroatoms.